The van der Waals surface area contributed by atoms with Gasteiger partial charge in [0.2, 0.25) is 5.91 Å². The van der Waals surface area contributed by atoms with Gasteiger partial charge < -0.3 is 15.8 Å². The highest BCUT2D eigenvalue weighted by Gasteiger charge is 2.17. The fraction of sp³-hybridized carbons (Fsp3) is 0.385. The SMILES string of the molecule is NC(=O)CNC(=O)COc1ccc(C2SCCS2)cc1. The molecule has 1 aliphatic rings. The Labute approximate surface area is 126 Å². The molecular formula is C13H16N2O3S2. The Balaban J connectivity index is 1.78. The fourth-order valence-corrected chi connectivity index (χ4v) is 4.52. The van der Waals surface area contributed by atoms with Crippen molar-refractivity contribution in [1.82, 2.24) is 5.32 Å². The second-order valence-electron chi connectivity index (χ2n) is 4.17. The lowest BCUT2D eigenvalue weighted by atomic mass is 10.2. The molecule has 1 aromatic rings. The predicted molar refractivity (Wildman–Crippen MR) is 81.8 cm³/mol. The summed E-state index contributed by atoms with van der Waals surface area (Å²) in [5.74, 6) is 2.07. The van der Waals surface area contributed by atoms with Crippen LogP contribution < -0.4 is 15.8 Å². The zero-order valence-electron chi connectivity index (χ0n) is 10.8. The molecule has 20 heavy (non-hydrogen) atoms. The van der Waals surface area contributed by atoms with E-state index in [1.165, 1.54) is 17.1 Å². The number of nitrogens with one attached hydrogen (secondary N) is 1. The van der Waals surface area contributed by atoms with Gasteiger partial charge in [-0.2, -0.15) is 0 Å². The summed E-state index contributed by atoms with van der Waals surface area (Å²) < 4.78 is 5.84. The molecule has 0 unspecified atom stereocenters. The molecule has 1 saturated heterocycles. The summed E-state index contributed by atoms with van der Waals surface area (Å²) in [6, 6.07) is 7.76. The van der Waals surface area contributed by atoms with E-state index in [4.69, 9.17) is 10.5 Å². The number of thioether (sulfide) groups is 2. The third kappa shape index (κ3) is 4.64. The molecule has 1 fully saturated rings. The molecular weight excluding hydrogens is 296 g/mol. The summed E-state index contributed by atoms with van der Waals surface area (Å²) >= 11 is 3.89. The number of amides is 2. The van der Waals surface area contributed by atoms with E-state index in [2.05, 4.69) is 5.32 Å². The first-order chi connectivity index (χ1) is 9.65. The Hall–Kier alpha value is -1.34. The summed E-state index contributed by atoms with van der Waals surface area (Å²) in [7, 11) is 0. The van der Waals surface area contributed by atoms with Crippen molar-refractivity contribution in [3.63, 3.8) is 0 Å². The van der Waals surface area contributed by atoms with Gasteiger partial charge in [-0.1, -0.05) is 12.1 Å². The van der Waals surface area contributed by atoms with Crippen molar-refractivity contribution in [2.75, 3.05) is 24.7 Å². The van der Waals surface area contributed by atoms with Crippen molar-refractivity contribution in [2.24, 2.45) is 5.73 Å². The molecule has 1 aromatic carbocycles. The highest BCUT2D eigenvalue weighted by Crippen LogP contribution is 2.45. The van der Waals surface area contributed by atoms with Gasteiger partial charge >= 0.3 is 0 Å². The Bertz CT molecular complexity index is 473. The number of primary amides is 1. The van der Waals surface area contributed by atoms with E-state index in [0.717, 1.165) is 0 Å². The van der Waals surface area contributed by atoms with E-state index in [-0.39, 0.29) is 19.1 Å². The first kappa shape index (κ1) is 15.1. The standard InChI is InChI=1S/C13H16N2O3S2/c14-11(16)7-15-12(17)8-18-10-3-1-9(2-4-10)13-19-5-6-20-13/h1-4,13H,5-8H2,(H2,14,16)(H,15,17). The van der Waals surface area contributed by atoms with Gasteiger partial charge in [-0.25, -0.2) is 0 Å². The normalized spacial score (nSPS) is 15.0. The highest BCUT2D eigenvalue weighted by molar-refractivity contribution is 8.19. The number of nitrogens with two attached hydrogens (primary N) is 1. The molecule has 2 amide bonds. The molecule has 0 saturated carbocycles. The van der Waals surface area contributed by atoms with Gasteiger partial charge in [0.15, 0.2) is 6.61 Å². The lowest BCUT2D eigenvalue weighted by Gasteiger charge is -2.10. The van der Waals surface area contributed by atoms with Gasteiger partial charge in [0.05, 0.1) is 11.1 Å². The van der Waals surface area contributed by atoms with Crippen LogP contribution in [0.4, 0.5) is 0 Å². The van der Waals surface area contributed by atoms with Gasteiger partial charge in [-0.3, -0.25) is 9.59 Å². The number of ether oxygens (including phenoxy) is 1. The minimum absolute atomic E-state index is 0.125. The lowest BCUT2D eigenvalue weighted by molar-refractivity contribution is -0.126. The molecule has 1 aliphatic heterocycles. The Kier molecular flexibility index (Phi) is 5.60. The number of benzene rings is 1. The number of carbonyl (C=O) groups excluding carboxylic acids is 2. The molecule has 5 nitrogen and oxygen atoms in total. The van der Waals surface area contributed by atoms with Gasteiger partial charge in [-0.15, -0.1) is 23.5 Å². The number of hydrogen-bond donors (Lipinski definition) is 2. The molecule has 0 spiro atoms. The van der Waals surface area contributed by atoms with E-state index in [1.807, 2.05) is 47.8 Å². The van der Waals surface area contributed by atoms with Gasteiger partial charge in [0.25, 0.3) is 5.91 Å². The third-order valence-corrected chi connectivity index (χ3v) is 5.71. The van der Waals surface area contributed by atoms with Crippen molar-refractivity contribution in [1.29, 1.82) is 0 Å². The van der Waals surface area contributed by atoms with Crippen LogP contribution in [0, 0.1) is 0 Å². The Morgan fingerprint density at radius 1 is 1.25 bits per heavy atom. The van der Waals surface area contributed by atoms with E-state index in [1.54, 1.807) is 0 Å². The fourth-order valence-electron chi connectivity index (χ4n) is 1.66. The molecule has 0 aromatic heterocycles. The van der Waals surface area contributed by atoms with Crippen LogP contribution in [-0.2, 0) is 9.59 Å². The maximum atomic E-state index is 11.3. The van der Waals surface area contributed by atoms with E-state index >= 15 is 0 Å². The van der Waals surface area contributed by atoms with Crippen LogP contribution in [0.15, 0.2) is 24.3 Å². The largest absolute Gasteiger partial charge is 0.484 e. The van der Waals surface area contributed by atoms with Crippen LogP contribution in [0.1, 0.15) is 10.1 Å². The molecule has 1 heterocycles. The monoisotopic (exact) mass is 312 g/mol. The van der Waals surface area contributed by atoms with Crippen molar-refractivity contribution in [3.05, 3.63) is 29.8 Å². The molecule has 2 rings (SSSR count). The zero-order valence-corrected chi connectivity index (χ0v) is 12.5. The predicted octanol–water partition coefficient (Wildman–Crippen LogP) is 1.15. The van der Waals surface area contributed by atoms with Crippen molar-refractivity contribution < 1.29 is 14.3 Å². The summed E-state index contributed by atoms with van der Waals surface area (Å²) in [5, 5.41) is 2.36. The van der Waals surface area contributed by atoms with Crippen molar-refractivity contribution in [3.8, 4) is 5.75 Å². The second kappa shape index (κ2) is 7.44. The van der Waals surface area contributed by atoms with Crippen LogP contribution in [0.25, 0.3) is 0 Å². The summed E-state index contributed by atoms with van der Waals surface area (Å²) in [4.78, 5) is 21.9. The molecule has 7 heteroatoms. The number of carbonyl (C=O) groups is 2. The molecule has 0 aliphatic carbocycles. The average molecular weight is 312 g/mol. The van der Waals surface area contributed by atoms with Crippen LogP contribution in [0.3, 0.4) is 0 Å². The first-order valence-corrected chi connectivity index (χ1v) is 8.26. The van der Waals surface area contributed by atoms with Gasteiger partial charge in [0.1, 0.15) is 5.75 Å². The van der Waals surface area contributed by atoms with Crippen LogP contribution in [-0.4, -0.2) is 36.5 Å². The smallest absolute Gasteiger partial charge is 0.258 e. The molecule has 108 valence electrons. The van der Waals surface area contributed by atoms with Crippen LogP contribution >= 0.6 is 23.5 Å². The highest BCUT2D eigenvalue weighted by atomic mass is 32.2. The van der Waals surface area contributed by atoms with Crippen LogP contribution in [0.5, 0.6) is 5.75 Å². The summed E-state index contributed by atoms with van der Waals surface area (Å²) in [6.45, 7) is -0.295. The third-order valence-electron chi connectivity index (χ3n) is 2.60. The van der Waals surface area contributed by atoms with Gasteiger partial charge in [0, 0.05) is 11.5 Å². The van der Waals surface area contributed by atoms with Gasteiger partial charge in [-0.05, 0) is 17.7 Å². The van der Waals surface area contributed by atoms with Crippen molar-refractivity contribution >= 4 is 35.3 Å². The van der Waals surface area contributed by atoms with E-state index in [9.17, 15) is 9.59 Å². The Morgan fingerprint density at radius 3 is 2.50 bits per heavy atom. The number of hydrogen-bond acceptors (Lipinski definition) is 5. The second-order valence-corrected chi connectivity index (χ2v) is 6.90. The van der Waals surface area contributed by atoms with E-state index < -0.39 is 5.91 Å². The minimum atomic E-state index is -0.575. The molecule has 0 atom stereocenters. The average Bonchev–Trinajstić information content (AvgIpc) is 2.97. The maximum Gasteiger partial charge on any atom is 0.258 e. The summed E-state index contributed by atoms with van der Waals surface area (Å²) in [6.07, 6.45) is 0. The van der Waals surface area contributed by atoms with Crippen LogP contribution in [0.2, 0.25) is 0 Å². The van der Waals surface area contributed by atoms with E-state index in [0.29, 0.717) is 10.3 Å². The molecule has 0 radical (unpaired) electrons. The summed E-state index contributed by atoms with van der Waals surface area (Å²) in [5.41, 5.74) is 6.19. The topological polar surface area (TPSA) is 81.4 Å². The van der Waals surface area contributed by atoms with Crippen molar-refractivity contribution in [2.45, 2.75) is 4.58 Å². The number of rotatable bonds is 6. The Morgan fingerprint density at radius 2 is 1.90 bits per heavy atom. The zero-order chi connectivity index (χ0) is 14.4. The molecule has 3 N–H and O–H groups in total. The quantitative estimate of drug-likeness (QED) is 0.823. The first-order valence-electron chi connectivity index (χ1n) is 6.16. The molecule has 0 bridgehead atoms. The maximum absolute atomic E-state index is 11.3. The minimum Gasteiger partial charge on any atom is -0.484 e. The lowest BCUT2D eigenvalue weighted by Crippen LogP contribution is -2.36.